The fourth-order valence-corrected chi connectivity index (χ4v) is 3.32. The normalized spacial score (nSPS) is 18.8. The number of amides is 3. The number of piperazine rings is 1. The molecular formula is C19H28N6O2. The van der Waals surface area contributed by atoms with Gasteiger partial charge in [0.15, 0.2) is 5.96 Å². The number of carbonyl (C=O) groups is 2. The molecule has 3 rings (SSSR count). The van der Waals surface area contributed by atoms with Crippen LogP contribution in [-0.4, -0.2) is 85.0 Å². The van der Waals surface area contributed by atoms with E-state index in [1.807, 2.05) is 13.0 Å². The van der Waals surface area contributed by atoms with E-state index in [2.05, 4.69) is 49.7 Å². The second-order valence-electron chi connectivity index (χ2n) is 6.69. The van der Waals surface area contributed by atoms with E-state index in [1.165, 1.54) is 10.5 Å². The molecule has 0 aliphatic carbocycles. The summed E-state index contributed by atoms with van der Waals surface area (Å²) in [6.07, 6.45) is 0. The van der Waals surface area contributed by atoms with E-state index in [1.54, 1.807) is 0 Å². The molecule has 0 radical (unpaired) electrons. The van der Waals surface area contributed by atoms with Crippen molar-refractivity contribution in [2.75, 3.05) is 52.4 Å². The van der Waals surface area contributed by atoms with Crippen LogP contribution in [0.2, 0.25) is 0 Å². The average Bonchev–Trinajstić information content (AvgIpc) is 3.01. The van der Waals surface area contributed by atoms with Gasteiger partial charge in [0.2, 0.25) is 5.91 Å². The van der Waals surface area contributed by atoms with Crippen molar-refractivity contribution in [1.29, 1.82) is 0 Å². The number of guanidine groups is 1. The molecule has 3 amide bonds. The number of nitrogens with one attached hydrogen (secondary N) is 2. The Morgan fingerprint density at radius 2 is 1.89 bits per heavy atom. The lowest BCUT2D eigenvalue weighted by Crippen LogP contribution is -2.52. The van der Waals surface area contributed by atoms with E-state index >= 15 is 0 Å². The Morgan fingerprint density at radius 3 is 2.52 bits per heavy atom. The Labute approximate surface area is 160 Å². The van der Waals surface area contributed by atoms with Gasteiger partial charge in [0.1, 0.15) is 0 Å². The van der Waals surface area contributed by atoms with Crippen LogP contribution in [0.5, 0.6) is 0 Å². The van der Waals surface area contributed by atoms with Crippen LogP contribution in [0.15, 0.2) is 35.3 Å². The van der Waals surface area contributed by atoms with E-state index in [0.717, 1.165) is 45.2 Å². The summed E-state index contributed by atoms with van der Waals surface area (Å²) in [7, 11) is 0. The molecule has 0 bridgehead atoms. The lowest BCUT2D eigenvalue weighted by atomic mass is 10.2. The number of rotatable bonds is 6. The van der Waals surface area contributed by atoms with E-state index in [-0.39, 0.29) is 18.5 Å². The molecule has 2 N–H and O–H groups in total. The first-order chi connectivity index (χ1) is 13.2. The fraction of sp³-hybridized carbons (Fsp3) is 0.526. The van der Waals surface area contributed by atoms with E-state index in [4.69, 9.17) is 0 Å². The standard InChI is InChI=1S/C19H28N6O2/c1-2-20-18(21-8-9-25-17(26)14-22-19(25)27)24-12-10-23(11-13-24)15-16-6-4-3-5-7-16/h3-7H,2,8-15H2,1H3,(H,20,21)(H,22,27). The molecule has 2 aliphatic rings. The molecule has 0 spiro atoms. The topological polar surface area (TPSA) is 80.3 Å². The van der Waals surface area contributed by atoms with Crippen molar-refractivity contribution < 1.29 is 9.59 Å². The van der Waals surface area contributed by atoms with Crippen molar-refractivity contribution in [3.05, 3.63) is 35.9 Å². The van der Waals surface area contributed by atoms with Crippen LogP contribution in [0.3, 0.4) is 0 Å². The van der Waals surface area contributed by atoms with Crippen molar-refractivity contribution in [3.63, 3.8) is 0 Å². The van der Waals surface area contributed by atoms with Gasteiger partial charge in [-0.3, -0.25) is 19.6 Å². The maximum atomic E-state index is 11.6. The summed E-state index contributed by atoms with van der Waals surface area (Å²) >= 11 is 0. The van der Waals surface area contributed by atoms with E-state index in [9.17, 15) is 9.59 Å². The van der Waals surface area contributed by atoms with Crippen LogP contribution in [0, 0.1) is 0 Å². The van der Waals surface area contributed by atoms with Crippen LogP contribution in [0.4, 0.5) is 4.79 Å². The molecule has 0 aromatic heterocycles. The molecule has 27 heavy (non-hydrogen) atoms. The van der Waals surface area contributed by atoms with Gasteiger partial charge in [-0.05, 0) is 12.5 Å². The lowest BCUT2D eigenvalue weighted by molar-refractivity contribution is -0.124. The SMILES string of the molecule is CCNC(=NCCN1C(=O)CNC1=O)N1CCN(Cc2ccccc2)CC1. The Morgan fingerprint density at radius 1 is 1.15 bits per heavy atom. The predicted molar refractivity (Wildman–Crippen MR) is 104 cm³/mol. The van der Waals surface area contributed by atoms with Gasteiger partial charge < -0.3 is 15.5 Å². The molecule has 146 valence electrons. The molecule has 2 saturated heterocycles. The highest BCUT2D eigenvalue weighted by Gasteiger charge is 2.27. The van der Waals surface area contributed by atoms with Crippen molar-refractivity contribution in [3.8, 4) is 0 Å². The first kappa shape index (κ1) is 19.2. The molecule has 8 nitrogen and oxygen atoms in total. The first-order valence-electron chi connectivity index (χ1n) is 9.55. The van der Waals surface area contributed by atoms with Crippen molar-refractivity contribution >= 4 is 17.9 Å². The maximum Gasteiger partial charge on any atom is 0.324 e. The van der Waals surface area contributed by atoms with Gasteiger partial charge in [-0.2, -0.15) is 0 Å². The lowest BCUT2D eigenvalue weighted by Gasteiger charge is -2.36. The quantitative estimate of drug-likeness (QED) is 0.427. The summed E-state index contributed by atoms with van der Waals surface area (Å²) in [5, 5.41) is 5.85. The predicted octanol–water partition coefficient (Wildman–Crippen LogP) is 0.322. The van der Waals surface area contributed by atoms with Crippen LogP contribution >= 0.6 is 0 Å². The minimum Gasteiger partial charge on any atom is -0.357 e. The zero-order valence-corrected chi connectivity index (χ0v) is 15.9. The summed E-state index contributed by atoms with van der Waals surface area (Å²) < 4.78 is 0. The molecule has 8 heteroatoms. The Kier molecular flexibility index (Phi) is 6.64. The molecule has 1 aromatic carbocycles. The summed E-state index contributed by atoms with van der Waals surface area (Å²) in [5.74, 6) is 0.665. The molecule has 0 atom stereocenters. The summed E-state index contributed by atoms with van der Waals surface area (Å²) in [6, 6.07) is 10.2. The van der Waals surface area contributed by atoms with Gasteiger partial charge >= 0.3 is 6.03 Å². The van der Waals surface area contributed by atoms with Gasteiger partial charge in [0, 0.05) is 39.3 Å². The molecule has 2 aliphatic heterocycles. The number of nitrogens with zero attached hydrogens (tertiary/aromatic N) is 4. The molecular weight excluding hydrogens is 344 g/mol. The highest BCUT2D eigenvalue weighted by atomic mass is 16.2. The Bertz CT molecular complexity index is 654. The monoisotopic (exact) mass is 372 g/mol. The minimum atomic E-state index is -0.324. The Hall–Kier alpha value is -2.61. The number of carbonyl (C=O) groups excluding carboxylic acids is 2. The van der Waals surface area contributed by atoms with Crippen molar-refractivity contribution in [2.24, 2.45) is 4.99 Å². The molecule has 1 aromatic rings. The number of aliphatic imine (C=N–C) groups is 1. The zero-order chi connectivity index (χ0) is 19.1. The van der Waals surface area contributed by atoms with Gasteiger partial charge in [0.25, 0.3) is 0 Å². The fourth-order valence-electron chi connectivity index (χ4n) is 3.32. The first-order valence-corrected chi connectivity index (χ1v) is 9.55. The summed E-state index contributed by atoms with van der Waals surface area (Å²) in [6.45, 7) is 8.37. The second kappa shape index (κ2) is 9.36. The average molecular weight is 372 g/mol. The van der Waals surface area contributed by atoms with Gasteiger partial charge in [0.05, 0.1) is 19.6 Å². The highest BCUT2D eigenvalue weighted by Crippen LogP contribution is 2.09. The number of urea groups is 1. The summed E-state index contributed by atoms with van der Waals surface area (Å²) in [5.41, 5.74) is 1.33. The van der Waals surface area contributed by atoms with Crippen LogP contribution in [0.1, 0.15) is 12.5 Å². The van der Waals surface area contributed by atoms with E-state index < -0.39 is 0 Å². The Balaban J connectivity index is 1.50. The number of imide groups is 1. The molecule has 0 saturated carbocycles. The molecule has 2 heterocycles. The smallest absolute Gasteiger partial charge is 0.324 e. The largest absolute Gasteiger partial charge is 0.357 e. The highest BCUT2D eigenvalue weighted by molar-refractivity contribution is 6.01. The number of hydrogen-bond donors (Lipinski definition) is 2. The summed E-state index contributed by atoms with van der Waals surface area (Å²) in [4.78, 5) is 33.8. The van der Waals surface area contributed by atoms with E-state index in [0.29, 0.717) is 13.1 Å². The second-order valence-corrected chi connectivity index (χ2v) is 6.69. The van der Waals surface area contributed by atoms with Crippen LogP contribution in [-0.2, 0) is 11.3 Å². The van der Waals surface area contributed by atoms with Gasteiger partial charge in [-0.1, -0.05) is 30.3 Å². The maximum absolute atomic E-state index is 11.6. The third-order valence-corrected chi connectivity index (χ3v) is 4.78. The minimum absolute atomic E-state index is 0.0893. The number of benzene rings is 1. The zero-order valence-electron chi connectivity index (χ0n) is 15.9. The number of hydrogen-bond acceptors (Lipinski definition) is 4. The van der Waals surface area contributed by atoms with Crippen LogP contribution in [0.25, 0.3) is 0 Å². The molecule has 0 unspecified atom stereocenters. The third kappa shape index (κ3) is 5.19. The van der Waals surface area contributed by atoms with Gasteiger partial charge in [-0.25, -0.2) is 4.79 Å². The third-order valence-electron chi connectivity index (χ3n) is 4.78. The van der Waals surface area contributed by atoms with Crippen molar-refractivity contribution in [2.45, 2.75) is 13.5 Å². The molecule has 2 fully saturated rings. The van der Waals surface area contributed by atoms with Gasteiger partial charge in [-0.15, -0.1) is 0 Å². The van der Waals surface area contributed by atoms with Crippen LogP contribution < -0.4 is 10.6 Å². The van der Waals surface area contributed by atoms with Crippen molar-refractivity contribution in [1.82, 2.24) is 25.3 Å².